The molecule has 6 rings (SSSR count). The molecule has 6 aromatic rings. The van der Waals surface area contributed by atoms with Gasteiger partial charge in [0.25, 0.3) is 0 Å². The van der Waals surface area contributed by atoms with Crippen LogP contribution >= 0.6 is 46.4 Å². The largest absolute Gasteiger partial charge is 0.369 e. The summed E-state index contributed by atoms with van der Waals surface area (Å²) in [5.74, 6) is 1.20. The van der Waals surface area contributed by atoms with E-state index in [9.17, 15) is 0 Å². The lowest BCUT2D eigenvalue weighted by Crippen LogP contribution is -2.27. The summed E-state index contributed by atoms with van der Waals surface area (Å²) >= 11 is 24.8. The Morgan fingerprint density at radius 1 is 0.528 bits per heavy atom. The fourth-order valence-corrected chi connectivity index (χ4v) is 5.57. The van der Waals surface area contributed by atoms with Gasteiger partial charge in [-0.25, -0.2) is 4.99 Å². The molecular weight excluding hydrogens is 754 g/mol. The highest BCUT2D eigenvalue weighted by Crippen LogP contribution is 2.25. The maximum Gasteiger partial charge on any atom is 0.233 e. The Labute approximate surface area is 325 Å². The van der Waals surface area contributed by atoms with Gasteiger partial charge in [-0.15, -0.1) is 0 Å². The second kappa shape index (κ2) is 17.6. The van der Waals surface area contributed by atoms with Crippen LogP contribution in [0.2, 0.25) is 20.1 Å². The van der Waals surface area contributed by atoms with E-state index in [2.05, 4.69) is 51.8 Å². The van der Waals surface area contributed by atoms with Crippen LogP contribution in [-0.4, -0.2) is 33.0 Å². The Bertz CT molecular complexity index is 2180. The second-order valence-corrected chi connectivity index (χ2v) is 13.1. The number of benzene rings is 5. The Morgan fingerprint density at radius 2 is 0.943 bits per heavy atom. The number of guanidine groups is 2. The second-order valence-electron chi connectivity index (χ2n) is 11.3. The average molecular weight is 787 g/mol. The normalized spacial score (nSPS) is 12.1. The first-order valence-corrected chi connectivity index (χ1v) is 17.5. The van der Waals surface area contributed by atoms with E-state index >= 15 is 0 Å². The molecule has 8 N–H and O–H groups in total. The summed E-state index contributed by atoms with van der Waals surface area (Å²) in [5.41, 5.74) is 10.6. The van der Waals surface area contributed by atoms with Crippen molar-refractivity contribution in [3.8, 4) is 0 Å². The lowest BCUT2D eigenvalue weighted by molar-refractivity contribution is 0.850. The van der Waals surface area contributed by atoms with E-state index in [0.29, 0.717) is 48.5 Å². The smallest absolute Gasteiger partial charge is 0.233 e. The van der Waals surface area contributed by atoms with Crippen LogP contribution in [-0.2, 0) is 0 Å². The maximum atomic E-state index is 6.36. The number of halogens is 4. The zero-order valence-corrected chi connectivity index (χ0v) is 31.0. The van der Waals surface area contributed by atoms with Gasteiger partial charge in [0.05, 0.1) is 0 Å². The first-order valence-electron chi connectivity index (χ1n) is 16.0. The molecule has 0 aliphatic rings. The van der Waals surface area contributed by atoms with Gasteiger partial charge in [-0.3, -0.25) is 0 Å². The molecule has 0 aliphatic carbocycles. The average Bonchev–Trinajstić information content (AvgIpc) is 3.09. The van der Waals surface area contributed by atoms with Crippen LogP contribution < -0.4 is 37.6 Å². The van der Waals surface area contributed by atoms with Gasteiger partial charge in [0.15, 0.2) is 0 Å². The van der Waals surface area contributed by atoms with E-state index in [1.807, 2.05) is 85.8 Å². The number of hydrogen-bond donors (Lipinski definition) is 7. The first-order chi connectivity index (χ1) is 25.6. The third-order valence-electron chi connectivity index (χ3n) is 7.03. The summed E-state index contributed by atoms with van der Waals surface area (Å²) in [6, 6.07) is 36.4. The van der Waals surface area contributed by atoms with Crippen molar-refractivity contribution < 1.29 is 0 Å². The molecule has 12 nitrogen and oxygen atoms in total. The zero-order chi connectivity index (χ0) is 37.2. The first kappa shape index (κ1) is 37.0. The summed E-state index contributed by atoms with van der Waals surface area (Å²) < 4.78 is 0. The van der Waals surface area contributed by atoms with Crippen LogP contribution in [0.3, 0.4) is 0 Å². The van der Waals surface area contributed by atoms with E-state index in [0.717, 1.165) is 5.69 Å². The predicted octanol–water partition coefficient (Wildman–Crippen LogP) is 10.4. The summed E-state index contributed by atoms with van der Waals surface area (Å²) in [5, 5.41) is 21.5. The van der Waals surface area contributed by atoms with Crippen molar-refractivity contribution in [2.24, 2.45) is 15.7 Å². The molecule has 0 saturated carbocycles. The number of nitrogens with two attached hydrogens (primary N) is 1. The van der Waals surface area contributed by atoms with E-state index in [-0.39, 0.29) is 29.8 Å². The highest BCUT2D eigenvalue weighted by Gasteiger charge is 2.11. The van der Waals surface area contributed by atoms with Gasteiger partial charge in [0, 0.05) is 54.2 Å². The highest BCUT2D eigenvalue weighted by atomic mass is 35.5. The summed E-state index contributed by atoms with van der Waals surface area (Å²) in [7, 11) is 0. The SMILES string of the molecule is CC(N=C(N=C(N)Nc1ccc(Nc2nc(Nc3cccc(Cl)c3)nc(Nc3cccc(Cl)c3)n2)cc1)Nc1cccc(Cl)c1)Nc1cccc(Cl)c1. The number of aromatic nitrogens is 3. The van der Waals surface area contributed by atoms with Crippen molar-refractivity contribution in [2.45, 2.75) is 13.1 Å². The molecule has 0 radical (unpaired) electrons. The molecule has 53 heavy (non-hydrogen) atoms. The van der Waals surface area contributed by atoms with Crippen LogP contribution in [0.15, 0.2) is 131 Å². The van der Waals surface area contributed by atoms with E-state index < -0.39 is 6.17 Å². The quantitative estimate of drug-likeness (QED) is 0.0497. The summed E-state index contributed by atoms with van der Waals surface area (Å²) in [6.45, 7) is 1.88. The monoisotopic (exact) mass is 784 g/mol. The fraction of sp³-hybridized carbons (Fsp3) is 0.0541. The van der Waals surface area contributed by atoms with Crippen molar-refractivity contribution in [2.75, 3.05) is 31.9 Å². The van der Waals surface area contributed by atoms with Crippen LogP contribution in [0.5, 0.6) is 0 Å². The lowest BCUT2D eigenvalue weighted by Gasteiger charge is -2.14. The highest BCUT2D eigenvalue weighted by molar-refractivity contribution is 6.31. The molecule has 1 atom stereocenters. The summed E-state index contributed by atoms with van der Waals surface area (Å²) in [4.78, 5) is 22.9. The molecule has 1 unspecified atom stereocenters. The number of nitrogens with one attached hydrogen (secondary N) is 6. The number of anilines is 9. The molecule has 1 aromatic heterocycles. The van der Waals surface area contributed by atoms with Crippen molar-refractivity contribution in [3.63, 3.8) is 0 Å². The van der Waals surface area contributed by atoms with Gasteiger partial charge >= 0.3 is 0 Å². The van der Waals surface area contributed by atoms with E-state index in [4.69, 9.17) is 57.1 Å². The zero-order valence-electron chi connectivity index (χ0n) is 27.9. The minimum Gasteiger partial charge on any atom is -0.369 e. The molecule has 268 valence electrons. The number of nitrogens with zero attached hydrogens (tertiary/aromatic N) is 5. The molecule has 0 bridgehead atoms. The molecule has 16 heteroatoms. The van der Waals surface area contributed by atoms with Gasteiger partial charge < -0.3 is 37.6 Å². The summed E-state index contributed by atoms with van der Waals surface area (Å²) in [6.07, 6.45) is -0.394. The van der Waals surface area contributed by atoms with E-state index in [1.54, 1.807) is 42.5 Å². The van der Waals surface area contributed by atoms with Crippen LogP contribution in [0.25, 0.3) is 0 Å². The molecule has 0 aliphatic heterocycles. The van der Waals surface area contributed by atoms with Crippen molar-refractivity contribution >= 4 is 110 Å². The Kier molecular flexibility index (Phi) is 12.3. The van der Waals surface area contributed by atoms with Crippen LogP contribution in [0.1, 0.15) is 6.92 Å². The molecular formula is C37H32Cl4N12. The Morgan fingerprint density at radius 3 is 1.45 bits per heavy atom. The number of rotatable bonds is 11. The van der Waals surface area contributed by atoms with Crippen molar-refractivity contribution in [3.05, 3.63) is 141 Å². The van der Waals surface area contributed by atoms with E-state index in [1.165, 1.54) is 0 Å². The minimum absolute atomic E-state index is 0.0971. The minimum atomic E-state index is -0.394. The van der Waals surface area contributed by atoms with Gasteiger partial charge in [-0.05, 0) is 104 Å². The lowest BCUT2D eigenvalue weighted by atomic mass is 10.3. The van der Waals surface area contributed by atoms with Gasteiger partial charge in [0.2, 0.25) is 29.8 Å². The topological polar surface area (TPSA) is 162 Å². The number of aliphatic imine (C=N–C) groups is 2. The molecule has 0 fully saturated rings. The van der Waals surface area contributed by atoms with Crippen molar-refractivity contribution in [1.29, 1.82) is 0 Å². The molecule has 0 amide bonds. The standard InChI is InChI=1S/C37H32Cl4N12/c1-22(43-29-10-2-6-23(38)18-29)44-34(47-30-11-3-7-24(39)19-30)50-33(42)45-27-14-16-28(17-15-27)46-35-51-36(48-31-12-4-8-25(40)20-31)53-37(52-35)49-32-13-5-9-26(41)21-32/h2-22,43H,1H3,(H4,42,44,45,47,50)(H3,46,48,49,51,52,53). The predicted molar refractivity (Wildman–Crippen MR) is 221 cm³/mol. The van der Waals surface area contributed by atoms with Crippen LogP contribution in [0, 0.1) is 0 Å². The van der Waals surface area contributed by atoms with Crippen LogP contribution in [0.4, 0.5) is 52.0 Å². The van der Waals surface area contributed by atoms with Gasteiger partial charge in [0.1, 0.15) is 6.17 Å². The maximum absolute atomic E-state index is 6.36. The number of hydrogen-bond acceptors (Lipinski definition) is 8. The molecule has 1 heterocycles. The Hall–Kier alpha value is -5.79. The molecule has 5 aromatic carbocycles. The van der Waals surface area contributed by atoms with Crippen molar-refractivity contribution in [1.82, 2.24) is 15.0 Å². The fourth-order valence-electron chi connectivity index (χ4n) is 4.81. The third kappa shape index (κ3) is 11.6. The molecule has 0 saturated heterocycles. The molecule has 0 spiro atoms. The van der Waals surface area contributed by atoms with Gasteiger partial charge in [-0.2, -0.15) is 19.9 Å². The Balaban J connectivity index is 1.18. The van der Waals surface area contributed by atoms with Gasteiger partial charge in [-0.1, -0.05) is 70.7 Å². The third-order valence-corrected chi connectivity index (χ3v) is 7.97.